The Morgan fingerprint density at radius 1 is 1.79 bits per heavy atom. The molecule has 0 saturated carbocycles. The third kappa shape index (κ3) is 3.33. The SMILES string of the molecule is CC1=NCCN1CC(C)OCC(=O)O. The Morgan fingerprint density at radius 2 is 2.50 bits per heavy atom. The quantitative estimate of drug-likeness (QED) is 0.689. The molecule has 1 unspecified atom stereocenters. The van der Waals surface area contributed by atoms with Crippen molar-refractivity contribution < 1.29 is 14.6 Å². The largest absolute Gasteiger partial charge is 0.480 e. The summed E-state index contributed by atoms with van der Waals surface area (Å²) >= 11 is 0. The highest BCUT2D eigenvalue weighted by atomic mass is 16.5. The smallest absolute Gasteiger partial charge is 0.329 e. The number of amidine groups is 1. The van der Waals surface area contributed by atoms with Crippen LogP contribution in [0.1, 0.15) is 13.8 Å². The van der Waals surface area contributed by atoms with Crippen LogP contribution in [0.4, 0.5) is 0 Å². The van der Waals surface area contributed by atoms with Crippen molar-refractivity contribution in [2.75, 3.05) is 26.2 Å². The van der Waals surface area contributed by atoms with Gasteiger partial charge in [-0.25, -0.2) is 4.79 Å². The fraction of sp³-hybridized carbons (Fsp3) is 0.778. The van der Waals surface area contributed by atoms with Crippen molar-refractivity contribution in [3.63, 3.8) is 0 Å². The van der Waals surface area contributed by atoms with Gasteiger partial charge in [0, 0.05) is 13.1 Å². The maximum atomic E-state index is 10.2. The van der Waals surface area contributed by atoms with E-state index in [-0.39, 0.29) is 12.7 Å². The second-order valence-electron chi connectivity index (χ2n) is 3.39. The van der Waals surface area contributed by atoms with Gasteiger partial charge in [0.1, 0.15) is 6.61 Å². The van der Waals surface area contributed by atoms with Crippen LogP contribution in [0.2, 0.25) is 0 Å². The molecule has 0 saturated heterocycles. The van der Waals surface area contributed by atoms with Gasteiger partial charge in [0.05, 0.1) is 18.5 Å². The maximum Gasteiger partial charge on any atom is 0.329 e. The summed E-state index contributed by atoms with van der Waals surface area (Å²) in [6, 6.07) is 0. The van der Waals surface area contributed by atoms with Crippen LogP contribution in [0.3, 0.4) is 0 Å². The fourth-order valence-corrected chi connectivity index (χ4v) is 1.39. The maximum absolute atomic E-state index is 10.2. The number of rotatable bonds is 5. The second-order valence-corrected chi connectivity index (χ2v) is 3.39. The van der Waals surface area contributed by atoms with Gasteiger partial charge in [-0.2, -0.15) is 0 Å². The van der Waals surface area contributed by atoms with E-state index in [1.54, 1.807) is 0 Å². The molecule has 0 aromatic heterocycles. The third-order valence-corrected chi connectivity index (χ3v) is 2.14. The lowest BCUT2D eigenvalue weighted by Crippen LogP contribution is -2.34. The van der Waals surface area contributed by atoms with Crippen molar-refractivity contribution in [1.29, 1.82) is 0 Å². The van der Waals surface area contributed by atoms with Crippen molar-refractivity contribution in [2.45, 2.75) is 20.0 Å². The van der Waals surface area contributed by atoms with E-state index in [1.165, 1.54) is 0 Å². The lowest BCUT2D eigenvalue weighted by Gasteiger charge is -2.22. The molecule has 1 N–H and O–H groups in total. The normalized spacial score (nSPS) is 18.1. The Balaban J connectivity index is 2.23. The molecule has 5 heteroatoms. The first-order valence-corrected chi connectivity index (χ1v) is 4.69. The Morgan fingerprint density at radius 3 is 3.00 bits per heavy atom. The van der Waals surface area contributed by atoms with Crippen LogP contribution in [-0.2, 0) is 9.53 Å². The summed E-state index contributed by atoms with van der Waals surface area (Å²) < 4.78 is 5.12. The number of carboxylic acids is 1. The van der Waals surface area contributed by atoms with E-state index >= 15 is 0 Å². The molecule has 0 aromatic carbocycles. The molecular formula is C9H16N2O3. The minimum atomic E-state index is -0.927. The molecule has 5 nitrogen and oxygen atoms in total. The zero-order chi connectivity index (χ0) is 10.6. The van der Waals surface area contributed by atoms with Gasteiger partial charge in [-0.3, -0.25) is 4.99 Å². The minimum absolute atomic E-state index is 0.0747. The molecular weight excluding hydrogens is 184 g/mol. The highest BCUT2D eigenvalue weighted by Gasteiger charge is 2.16. The van der Waals surface area contributed by atoms with Crippen molar-refractivity contribution >= 4 is 11.8 Å². The predicted octanol–water partition coefficient (Wildman–Crippen LogP) is 0.210. The first kappa shape index (κ1) is 11.0. The minimum Gasteiger partial charge on any atom is -0.480 e. The molecule has 0 radical (unpaired) electrons. The van der Waals surface area contributed by atoms with Gasteiger partial charge in [0.2, 0.25) is 0 Å². The van der Waals surface area contributed by atoms with Gasteiger partial charge in [-0.1, -0.05) is 0 Å². The lowest BCUT2D eigenvalue weighted by molar-refractivity contribution is -0.144. The van der Waals surface area contributed by atoms with Crippen molar-refractivity contribution in [3.05, 3.63) is 0 Å². The monoisotopic (exact) mass is 200 g/mol. The van der Waals surface area contributed by atoms with Crippen LogP contribution in [-0.4, -0.2) is 54.2 Å². The standard InChI is InChI=1S/C9H16N2O3/c1-7(14-6-9(12)13)5-11-4-3-10-8(11)2/h7H,3-6H2,1-2H3,(H,12,13). The van der Waals surface area contributed by atoms with Crippen LogP contribution < -0.4 is 0 Å². The van der Waals surface area contributed by atoms with E-state index in [2.05, 4.69) is 9.89 Å². The third-order valence-electron chi connectivity index (χ3n) is 2.14. The zero-order valence-electron chi connectivity index (χ0n) is 8.56. The number of hydrogen-bond donors (Lipinski definition) is 1. The van der Waals surface area contributed by atoms with Crippen molar-refractivity contribution in [2.24, 2.45) is 4.99 Å². The Bertz CT molecular complexity index is 240. The molecule has 0 spiro atoms. The number of aliphatic carboxylic acids is 1. The number of hydrogen-bond acceptors (Lipinski definition) is 4. The number of nitrogens with zero attached hydrogens (tertiary/aromatic N) is 2. The highest BCUT2D eigenvalue weighted by molar-refractivity contribution is 5.81. The van der Waals surface area contributed by atoms with E-state index in [0.717, 1.165) is 18.9 Å². The average molecular weight is 200 g/mol. The summed E-state index contributed by atoms with van der Waals surface area (Å²) in [5, 5.41) is 8.41. The molecule has 0 fully saturated rings. The van der Waals surface area contributed by atoms with Gasteiger partial charge in [-0.15, -0.1) is 0 Å². The average Bonchev–Trinajstić information content (AvgIpc) is 2.49. The van der Waals surface area contributed by atoms with Gasteiger partial charge in [0.15, 0.2) is 0 Å². The second kappa shape index (κ2) is 4.95. The van der Waals surface area contributed by atoms with Crippen molar-refractivity contribution in [3.8, 4) is 0 Å². The fourth-order valence-electron chi connectivity index (χ4n) is 1.39. The summed E-state index contributed by atoms with van der Waals surface area (Å²) in [4.78, 5) is 16.6. The molecule has 80 valence electrons. The molecule has 1 atom stereocenters. The highest BCUT2D eigenvalue weighted by Crippen LogP contribution is 2.03. The summed E-state index contributed by atoms with van der Waals surface area (Å²) in [5.74, 6) is 0.0828. The molecule has 14 heavy (non-hydrogen) atoms. The van der Waals surface area contributed by atoms with Gasteiger partial charge < -0.3 is 14.7 Å². The first-order chi connectivity index (χ1) is 6.59. The van der Waals surface area contributed by atoms with Crippen LogP contribution in [0.25, 0.3) is 0 Å². The van der Waals surface area contributed by atoms with E-state index in [9.17, 15) is 4.79 Å². The molecule has 1 rings (SSSR count). The summed E-state index contributed by atoms with van der Waals surface area (Å²) in [7, 11) is 0. The molecule has 0 bridgehead atoms. The van der Waals surface area contributed by atoms with Gasteiger partial charge >= 0.3 is 5.97 Å². The van der Waals surface area contributed by atoms with Gasteiger partial charge in [-0.05, 0) is 13.8 Å². The van der Waals surface area contributed by atoms with E-state index in [0.29, 0.717) is 6.54 Å². The van der Waals surface area contributed by atoms with E-state index in [1.807, 2.05) is 13.8 Å². The number of carboxylic acid groups (broad SMARTS) is 1. The molecule has 0 amide bonds. The summed E-state index contributed by atoms with van der Waals surface area (Å²) in [6.07, 6.45) is -0.0747. The Hall–Kier alpha value is -1.10. The van der Waals surface area contributed by atoms with Crippen LogP contribution in [0, 0.1) is 0 Å². The Labute approximate surface area is 83.4 Å². The number of aliphatic imine (C=N–C) groups is 1. The Kier molecular flexibility index (Phi) is 3.88. The van der Waals surface area contributed by atoms with Crippen molar-refractivity contribution in [1.82, 2.24) is 4.90 Å². The summed E-state index contributed by atoms with van der Waals surface area (Å²) in [6.45, 7) is 6.04. The first-order valence-electron chi connectivity index (χ1n) is 4.69. The summed E-state index contributed by atoms with van der Waals surface area (Å²) in [5.41, 5.74) is 0. The van der Waals surface area contributed by atoms with Crippen LogP contribution in [0.5, 0.6) is 0 Å². The van der Waals surface area contributed by atoms with Crippen LogP contribution in [0.15, 0.2) is 4.99 Å². The molecule has 0 aromatic rings. The predicted molar refractivity (Wildman–Crippen MR) is 52.6 cm³/mol. The van der Waals surface area contributed by atoms with E-state index < -0.39 is 5.97 Å². The molecule has 1 aliphatic heterocycles. The van der Waals surface area contributed by atoms with Crippen LogP contribution >= 0.6 is 0 Å². The molecule has 0 aliphatic carbocycles. The van der Waals surface area contributed by atoms with Gasteiger partial charge in [0.25, 0.3) is 0 Å². The molecule has 1 heterocycles. The number of ether oxygens (including phenoxy) is 1. The number of carbonyl (C=O) groups is 1. The zero-order valence-corrected chi connectivity index (χ0v) is 8.56. The lowest BCUT2D eigenvalue weighted by atomic mass is 10.3. The topological polar surface area (TPSA) is 62.1 Å². The van der Waals surface area contributed by atoms with E-state index in [4.69, 9.17) is 9.84 Å². The molecule has 1 aliphatic rings.